The van der Waals surface area contributed by atoms with Crippen molar-refractivity contribution in [2.75, 3.05) is 19.3 Å². The highest BCUT2D eigenvalue weighted by atomic mass is 35.5. The molecular formula is C14H15ClO2. The predicted octanol–water partition coefficient (Wildman–Crippen LogP) is 3.04. The molecule has 0 radical (unpaired) electrons. The fraction of sp³-hybridized carbons (Fsp3) is 0.429. The summed E-state index contributed by atoms with van der Waals surface area (Å²) in [5.41, 5.74) is 0.850. The van der Waals surface area contributed by atoms with Gasteiger partial charge in [-0.1, -0.05) is 24.0 Å². The lowest BCUT2D eigenvalue weighted by molar-refractivity contribution is 0.00983. The zero-order chi connectivity index (χ0) is 11.9. The van der Waals surface area contributed by atoms with Crippen LogP contribution in [0, 0.1) is 17.8 Å². The molecule has 1 aliphatic carbocycles. The maximum atomic E-state index is 5.54. The lowest BCUT2D eigenvalue weighted by Crippen LogP contribution is -2.05. The van der Waals surface area contributed by atoms with E-state index in [0.717, 1.165) is 23.8 Å². The van der Waals surface area contributed by atoms with Crippen LogP contribution in [0.3, 0.4) is 0 Å². The highest BCUT2D eigenvalue weighted by Crippen LogP contribution is 2.28. The molecule has 90 valence electrons. The molecule has 0 heterocycles. The molecule has 2 rings (SSSR count). The molecule has 1 fully saturated rings. The molecule has 0 N–H and O–H groups in total. The van der Waals surface area contributed by atoms with Crippen LogP contribution in [-0.2, 0) is 4.74 Å². The molecule has 0 aromatic heterocycles. The Morgan fingerprint density at radius 2 is 2.12 bits per heavy atom. The Morgan fingerprint density at radius 3 is 2.88 bits per heavy atom. The third-order valence-corrected chi connectivity index (χ3v) is 2.66. The van der Waals surface area contributed by atoms with Gasteiger partial charge in [0.1, 0.15) is 5.75 Å². The molecule has 2 nitrogen and oxygen atoms in total. The van der Waals surface area contributed by atoms with Crippen molar-refractivity contribution in [2.24, 2.45) is 5.92 Å². The first-order valence-corrected chi connectivity index (χ1v) is 6.28. The predicted molar refractivity (Wildman–Crippen MR) is 68.2 cm³/mol. The number of alkyl halides is 1. The second-order valence-electron chi connectivity index (χ2n) is 4.01. The zero-order valence-corrected chi connectivity index (χ0v) is 10.4. The molecule has 0 bridgehead atoms. The normalized spacial score (nSPS) is 13.9. The quantitative estimate of drug-likeness (QED) is 0.346. The van der Waals surface area contributed by atoms with Crippen LogP contribution in [0.4, 0.5) is 0 Å². The van der Waals surface area contributed by atoms with Crippen molar-refractivity contribution in [2.45, 2.75) is 12.8 Å². The van der Waals surface area contributed by atoms with Gasteiger partial charge in [0.2, 0.25) is 0 Å². The largest absolute Gasteiger partial charge is 0.466 e. The van der Waals surface area contributed by atoms with Crippen LogP contribution in [0.1, 0.15) is 18.4 Å². The van der Waals surface area contributed by atoms with Gasteiger partial charge in [-0.2, -0.15) is 0 Å². The van der Waals surface area contributed by atoms with Gasteiger partial charge in [-0.25, -0.2) is 0 Å². The van der Waals surface area contributed by atoms with E-state index in [1.807, 2.05) is 24.3 Å². The van der Waals surface area contributed by atoms with Crippen molar-refractivity contribution in [1.82, 2.24) is 0 Å². The van der Waals surface area contributed by atoms with Crippen molar-refractivity contribution in [3.05, 3.63) is 29.8 Å². The van der Waals surface area contributed by atoms with Crippen molar-refractivity contribution in [3.8, 4) is 17.6 Å². The van der Waals surface area contributed by atoms with Crippen LogP contribution >= 0.6 is 11.6 Å². The Kier molecular flexibility index (Phi) is 4.73. The number of halogens is 1. The molecule has 0 unspecified atom stereocenters. The topological polar surface area (TPSA) is 18.5 Å². The maximum Gasteiger partial charge on any atom is 0.189 e. The Morgan fingerprint density at radius 1 is 1.29 bits per heavy atom. The van der Waals surface area contributed by atoms with Gasteiger partial charge < -0.3 is 9.47 Å². The summed E-state index contributed by atoms with van der Waals surface area (Å²) in [5, 5.41) is 0. The number of benzene rings is 1. The molecule has 3 heteroatoms. The van der Waals surface area contributed by atoms with Crippen LogP contribution in [0.25, 0.3) is 0 Å². The van der Waals surface area contributed by atoms with E-state index in [1.54, 1.807) is 0 Å². The summed E-state index contributed by atoms with van der Waals surface area (Å²) in [6, 6.07) is 7.65. The van der Waals surface area contributed by atoms with Crippen LogP contribution in [-0.4, -0.2) is 19.3 Å². The van der Waals surface area contributed by atoms with E-state index in [0.29, 0.717) is 5.88 Å². The second kappa shape index (κ2) is 6.54. The summed E-state index contributed by atoms with van der Waals surface area (Å²) < 4.78 is 11.0. The first kappa shape index (κ1) is 12.3. The molecular weight excluding hydrogens is 236 g/mol. The van der Waals surface area contributed by atoms with Crippen LogP contribution in [0.15, 0.2) is 24.3 Å². The van der Waals surface area contributed by atoms with E-state index in [4.69, 9.17) is 21.1 Å². The lowest BCUT2D eigenvalue weighted by Gasteiger charge is -2.08. The van der Waals surface area contributed by atoms with Crippen molar-refractivity contribution < 1.29 is 9.47 Å². The molecule has 1 saturated carbocycles. The van der Waals surface area contributed by atoms with Gasteiger partial charge in [0.05, 0.1) is 18.1 Å². The Bertz CT molecular complexity index is 416. The number of ether oxygens (including phenoxy) is 2. The van der Waals surface area contributed by atoms with E-state index >= 15 is 0 Å². The average Bonchev–Trinajstić information content (AvgIpc) is 3.17. The van der Waals surface area contributed by atoms with Crippen LogP contribution in [0.5, 0.6) is 5.75 Å². The zero-order valence-electron chi connectivity index (χ0n) is 9.62. The maximum absolute atomic E-state index is 5.54. The smallest absolute Gasteiger partial charge is 0.189 e. The van der Waals surface area contributed by atoms with E-state index in [9.17, 15) is 0 Å². The number of rotatable bonds is 5. The van der Waals surface area contributed by atoms with Gasteiger partial charge in [0.25, 0.3) is 0 Å². The van der Waals surface area contributed by atoms with E-state index in [2.05, 4.69) is 11.8 Å². The van der Waals surface area contributed by atoms with Gasteiger partial charge in [-0.05, 0) is 30.9 Å². The molecule has 1 aromatic rings. The van der Waals surface area contributed by atoms with Crippen molar-refractivity contribution in [3.63, 3.8) is 0 Å². The number of hydrogen-bond acceptors (Lipinski definition) is 2. The Hall–Kier alpha value is -1.17. The molecule has 1 aliphatic rings. The van der Waals surface area contributed by atoms with E-state index in [-0.39, 0.29) is 6.79 Å². The van der Waals surface area contributed by atoms with Crippen molar-refractivity contribution >= 4 is 11.6 Å². The van der Waals surface area contributed by atoms with Crippen LogP contribution < -0.4 is 4.74 Å². The van der Waals surface area contributed by atoms with Gasteiger partial charge in [0, 0.05) is 0 Å². The summed E-state index contributed by atoms with van der Waals surface area (Å²) in [7, 11) is 0. The minimum Gasteiger partial charge on any atom is -0.466 e. The summed E-state index contributed by atoms with van der Waals surface area (Å²) in [5.74, 6) is 7.61. The fourth-order valence-corrected chi connectivity index (χ4v) is 1.50. The average molecular weight is 251 g/mol. The van der Waals surface area contributed by atoms with Gasteiger partial charge in [-0.3, -0.25) is 0 Å². The molecule has 0 saturated heterocycles. The van der Waals surface area contributed by atoms with E-state index < -0.39 is 0 Å². The summed E-state index contributed by atoms with van der Waals surface area (Å²) >= 11 is 5.53. The van der Waals surface area contributed by atoms with E-state index in [1.165, 1.54) is 12.8 Å². The summed E-state index contributed by atoms with van der Waals surface area (Å²) in [6.07, 6.45) is 2.58. The first-order chi connectivity index (χ1) is 8.40. The minimum atomic E-state index is 0.288. The molecule has 0 amide bonds. The molecule has 0 spiro atoms. The minimum absolute atomic E-state index is 0.288. The highest BCUT2D eigenvalue weighted by Gasteiger charge is 2.21. The Balaban J connectivity index is 1.84. The molecule has 17 heavy (non-hydrogen) atoms. The van der Waals surface area contributed by atoms with Crippen molar-refractivity contribution in [1.29, 1.82) is 0 Å². The summed E-state index contributed by atoms with van der Waals surface area (Å²) in [4.78, 5) is 0. The van der Waals surface area contributed by atoms with Gasteiger partial charge in [0.15, 0.2) is 6.79 Å². The second-order valence-corrected chi connectivity index (χ2v) is 4.28. The standard InChI is InChI=1S/C14H15ClO2/c15-9-3-5-13-4-1-2-6-14(13)17-11-16-10-12-7-8-12/h1-2,4,6,12H,7-11H2. The fourth-order valence-electron chi connectivity index (χ4n) is 1.43. The molecule has 1 aromatic carbocycles. The summed E-state index contributed by atoms with van der Waals surface area (Å²) in [6.45, 7) is 1.09. The SMILES string of the molecule is ClCC#Cc1ccccc1OCOCC1CC1. The number of para-hydroxylation sites is 1. The monoisotopic (exact) mass is 250 g/mol. The van der Waals surface area contributed by atoms with Gasteiger partial charge in [-0.15, -0.1) is 11.6 Å². The number of hydrogen-bond donors (Lipinski definition) is 0. The third kappa shape index (κ3) is 4.30. The lowest BCUT2D eigenvalue weighted by atomic mass is 10.2. The molecule has 0 atom stereocenters. The first-order valence-electron chi connectivity index (χ1n) is 5.74. The van der Waals surface area contributed by atoms with Gasteiger partial charge >= 0.3 is 0 Å². The third-order valence-electron chi connectivity index (χ3n) is 2.53. The highest BCUT2D eigenvalue weighted by molar-refractivity contribution is 6.19. The Labute approximate surface area is 107 Å². The van der Waals surface area contributed by atoms with Crippen LogP contribution in [0.2, 0.25) is 0 Å². The molecule has 0 aliphatic heterocycles.